The molecule has 128 valence electrons. The van der Waals surface area contributed by atoms with Crippen molar-refractivity contribution in [3.63, 3.8) is 0 Å². The zero-order valence-electron chi connectivity index (χ0n) is 14.1. The first-order valence-corrected chi connectivity index (χ1v) is 8.79. The maximum atomic E-state index is 12.9. The van der Waals surface area contributed by atoms with Gasteiger partial charge in [0.2, 0.25) is 0 Å². The summed E-state index contributed by atoms with van der Waals surface area (Å²) >= 11 is 0. The van der Waals surface area contributed by atoms with Crippen molar-refractivity contribution in [2.75, 3.05) is 26.2 Å². The average molecular weight is 335 g/mol. The highest BCUT2D eigenvalue weighted by Gasteiger charge is 2.28. The molecule has 0 atom stereocenters. The average Bonchev–Trinajstić information content (AvgIpc) is 3.04. The van der Waals surface area contributed by atoms with Gasteiger partial charge in [-0.3, -0.25) is 19.5 Å². The van der Waals surface area contributed by atoms with Gasteiger partial charge in [-0.05, 0) is 30.2 Å². The van der Waals surface area contributed by atoms with Gasteiger partial charge in [0.1, 0.15) is 0 Å². The first-order chi connectivity index (χ1) is 12.2. The van der Waals surface area contributed by atoms with Gasteiger partial charge in [0, 0.05) is 56.5 Å². The summed E-state index contributed by atoms with van der Waals surface area (Å²) in [6, 6.07) is 11.5. The number of amides is 1. The Labute approximate surface area is 147 Å². The summed E-state index contributed by atoms with van der Waals surface area (Å²) in [6.07, 6.45) is 3.03. The van der Waals surface area contributed by atoms with Crippen LogP contribution in [0.15, 0.2) is 42.6 Å². The Kier molecular flexibility index (Phi) is 4.32. The molecule has 1 aliphatic carbocycles. The van der Waals surface area contributed by atoms with Gasteiger partial charge in [-0.25, -0.2) is 0 Å². The Bertz CT molecular complexity index is 796. The number of nitrogens with zero attached hydrogens (tertiary/aromatic N) is 3. The van der Waals surface area contributed by atoms with Crippen LogP contribution in [0.2, 0.25) is 0 Å². The monoisotopic (exact) mass is 335 g/mol. The van der Waals surface area contributed by atoms with Gasteiger partial charge in [0.25, 0.3) is 5.91 Å². The van der Waals surface area contributed by atoms with E-state index in [1.54, 1.807) is 0 Å². The molecule has 0 N–H and O–H groups in total. The predicted octanol–water partition coefficient (Wildman–Crippen LogP) is 2.17. The number of carbonyl (C=O) groups excluding carboxylic acids is 2. The normalized spacial score (nSPS) is 17.6. The molecule has 5 heteroatoms. The van der Waals surface area contributed by atoms with Gasteiger partial charge in [-0.1, -0.05) is 18.2 Å². The molecule has 2 aliphatic rings. The van der Waals surface area contributed by atoms with Crippen molar-refractivity contribution in [1.29, 1.82) is 0 Å². The Morgan fingerprint density at radius 1 is 1.00 bits per heavy atom. The molecule has 2 heterocycles. The van der Waals surface area contributed by atoms with Crippen LogP contribution in [0, 0.1) is 0 Å². The van der Waals surface area contributed by atoms with E-state index < -0.39 is 0 Å². The van der Waals surface area contributed by atoms with E-state index in [9.17, 15) is 9.59 Å². The van der Waals surface area contributed by atoms with E-state index in [4.69, 9.17) is 0 Å². The maximum Gasteiger partial charge on any atom is 0.254 e. The second kappa shape index (κ2) is 6.76. The van der Waals surface area contributed by atoms with Crippen molar-refractivity contribution < 1.29 is 9.59 Å². The molecule has 0 bridgehead atoms. The summed E-state index contributed by atoms with van der Waals surface area (Å²) in [7, 11) is 0. The molecule has 0 spiro atoms. The minimum Gasteiger partial charge on any atom is -0.336 e. The minimum absolute atomic E-state index is 0.0593. The second-order valence-electron chi connectivity index (χ2n) is 6.64. The number of hydrogen-bond donors (Lipinski definition) is 0. The number of ketones is 1. The molecular weight excluding hydrogens is 314 g/mol. The Morgan fingerprint density at radius 2 is 1.84 bits per heavy atom. The van der Waals surface area contributed by atoms with Crippen molar-refractivity contribution in [3.8, 4) is 0 Å². The zero-order chi connectivity index (χ0) is 17.2. The van der Waals surface area contributed by atoms with Crippen LogP contribution in [0.3, 0.4) is 0 Å². The van der Waals surface area contributed by atoms with Crippen LogP contribution >= 0.6 is 0 Å². The highest BCUT2D eigenvalue weighted by molar-refractivity contribution is 6.05. The molecule has 1 aliphatic heterocycles. The van der Waals surface area contributed by atoms with Crippen molar-refractivity contribution in [2.24, 2.45) is 0 Å². The fraction of sp³-hybridized carbons (Fsp3) is 0.350. The summed E-state index contributed by atoms with van der Waals surface area (Å²) < 4.78 is 0. The zero-order valence-corrected chi connectivity index (χ0v) is 14.1. The molecule has 1 amide bonds. The van der Waals surface area contributed by atoms with Crippen molar-refractivity contribution in [2.45, 2.75) is 19.4 Å². The molecule has 1 aromatic heterocycles. The molecule has 2 aromatic rings. The van der Waals surface area contributed by atoms with Gasteiger partial charge in [-0.2, -0.15) is 0 Å². The molecular formula is C20H21N3O2. The fourth-order valence-corrected chi connectivity index (χ4v) is 3.69. The van der Waals surface area contributed by atoms with Crippen LogP contribution < -0.4 is 0 Å². The van der Waals surface area contributed by atoms with Gasteiger partial charge in [0.05, 0.1) is 5.69 Å². The summed E-state index contributed by atoms with van der Waals surface area (Å²) in [5.74, 6) is 0.217. The number of piperazine rings is 1. The Hall–Kier alpha value is -2.53. The highest BCUT2D eigenvalue weighted by atomic mass is 16.2. The number of benzene rings is 1. The number of pyridine rings is 1. The van der Waals surface area contributed by atoms with Crippen LogP contribution in [-0.4, -0.2) is 52.7 Å². The SMILES string of the molecule is O=C1CCc2c1cccc2C(=O)N1CCN(Cc2ccccn2)CC1. The van der Waals surface area contributed by atoms with E-state index in [0.29, 0.717) is 31.5 Å². The molecule has 0 radical (unpaired) electrons. The van der Waals surface area contributed by atoms with Crippen LogP contribution in [-0.2, 0) is 13.0 Å². The highest BCUT2D eigenvalue weighted by Crippen LogP contribution is 2.26. The second-order valence-corrected chi connectivity index (χ2v) is 6.64. The summed E-state index contributed by atoms with van der Waals surface area (Å²) in [5.41, 5.74) is 3.44. The molecule has 0 saturated carbocycles. The number of fused-ring (bicyclic) bond motifs is 1. The third kappa shape index (κ3) is 3.20. The van der Waals surface area contributed by atoms with Crippen LogP contribution in [0.25, 0.3) is 0 Å². The van der Waals surface area contributed by atoms with Crippen LogP contribution in [0.5, 0.6) is 0 Å². The number of carbonyl (C=O) groups is 2. The minimum atomic E-state index is 0.0593. The standard InChI is InChI=1S/C20H21N3O2/c24-19-8-7-16-17(19)5-3-6-18(16)20(25)23-12-10-22(11-13-23)14-15-4-1-2-9-21-15/h1-6,9H,7-8,10-14H2. The lowest BCUT2D eigenvalue weighted by atomic mass is 10.0. The molecule has 4 rings (SSSR count). The Morgan fingerprint density at radius 3 is 2.60 bits per heavy atom. The van der Waals surface area contributed by atoms with Crippen LogP contribution in [0.4, 0.5) is 0 Å². The predicted molar refractivity (Wildman–Crippen MR) is 94.5 cm³/mol. The van der Waals surface area contributed by atoms with E-state index in [2.05, 4.69) is 9.88 Å². The van der Waals surface area contributed by atoms with Gasteiger partial charge < -0.3 is 4.90 Å². The smallest absolute Gasteiger partial charge is 0.254 e. The lowest BCUT2D eigenvalue weighted by Gasteiger charge is -2.34. The molecule has 1 saturated heterocycles. The molecule has 0 unspecified atom stereocenters. The van der Waals surface area contributed by atoms with E-state index in [1.807, 2.05) is 47.5 Å². The largest absolute Gasteiger partial charge is 0.336 e. The quantitative estimate of drug-likeness (QED) is 0.863. The van der Waals surface area contributed by atoms with E-state index >= 15 is 0 Å². The van der Waals surface area contributed by atoms with Gasteiger partial charge in [-0.15, -0.1) is 0 Å². The van der Waals surface area contributed by atoms with Crippen molar-refractivity contribution in [1.82, 2.24) is 14.8 Å². The summed E-state index contributed by atoms with van der Waals surface area (Å²) in [5, 5.41) is 0. The molecule has 25 heavy (non-hydrogen) atoms. The third-order valence-corrected chi connectivity index (χ3v) is 5.08. The number of Topliss-reactive ketones (excluding diaryl/α,β-unsaturated/α-hetero) is 1. The maximum absolute atomic E-state index is 12.9. The third-order valence-electron chi connectivity index (χ3n) is 5.08. The Balaban J connectivity index is 1.41. The molecule has 5 nitrogen and oxygen atoms in total. The molecule has 1 aromatic carbocycles. The van der Waals surface area contributed by atoms with Gasteiger partial charge >= 0.3 is 0 Å². The van der Waals surface area contributed by atoms with Crippen LogP contribution in [0.1, 0.15) is 38.4 Å². The lowest BCUT2D eigenvalue weighted by Crippen LogP contribution is -2.48. The number of aromatic nitrogens is 1. The van der Waals surface area contributed by atoms with E-state index in [-0.39, 0.29) is 11.7 Å². The van der Waals surface area contributed by atoms with E-state index in [0.717, 1.165) is 36.5 Å². The fourth-order valence-electron chi connectivity index (χ4n) is 3.69. The summed E-state index contributed by atoms with van der Waals surface area (Å²) in [4.78, 5) is 33.4. The van der Waals surface area contributed by atoms with Gasteiger partial charge in [0.15, 0.2) is 5.78 Å². The van der Waals surface area contributed by atoms with Crippen molar-refractivity contribution in [3.05, 3.63) is 65.0 Å². The van der Waals surface area contributed by atoms with E-state index in [1.165, 1.54) is 0 Å². The topological polar surface area (TPSA) is 53.5 Å². The lowest BCUT2D eigenvalue weighted by molar-refractivity contribution is 0.0626. The number of hydrogen-bond acceptors (Lipinski definition) is 4. The number of rotatable bonds is 3. The summed E-state index contributed by atoms with van der Waals surface area (Å²) in [6.45, 7) is 3.93. The first kappa shape index (κ1) is 16.0. The molecule has 1 fully saturated rings. The van der Waals surface area contributed by atoms with Crippen molar-refractivity contribution >= 4 is 11.7 Å². The first-order valence-electron chi connectivity index (χ1n) is 8.79.